The average molecular weight is 366 g/mol. The van der Waals surface area contributed by atoms with Crippen molar-refractivity contribution in [3.8, 4) is 5.75 Å². The number of hydrogen-bond acceptors (Lipinski definition) is 5. The fraction of sp³-hybridized carbons (Fsp3) is 0.579. The Bertz CT molecular complexity index is 573. The third-order valence-electron chi connectivity index (χ3n) is 3.97. The third kappa shape index (κ3) is 8.31. The van der Waals surface area contributed by atoms with Crippen molar-refractivity contribution < 1.29 is 23.8 Å². The Morgan fingerprint density at radius 1 is 1.12 bits per heavy atom. The summed E-state index contributed by atoms with van der Waals surface area (Å²) in [7, 11) is 2.96. The lowest BCUT2D eigenvalue weighted by atomic mass is 10.2. The topological polar surface area (TPSA) is 85.9 Å². The first kappa shape index (κ1) is 21.9. The van der Waals surface area contributed by atoms with Gasteiger partial charge in [0.05, 0.1) is 6.42 Å². The summed E-state index contributed by atoms with van der Waals surface area (Å²) in [6, 6.07) is 6.65. The van der Waals surface area contributed by atoms with Crippen molar-refractivity contribution in [2.45, 2.75) is 51.7 Å². The summed E-state index contributed by atoms with van der Waals surface area (Å²) < 4.78 is 15.6. The van der Waals surface area contributed by atoms with Crippen LogP contribution in [0.4, 0.5) is 10.5 Å². The molecule has 0 bridgehead atoms. The number of unbranched alkanes of at least 4 members (excludes halogenated alkanes) is 3. The molecule has 0 fully saturated rings. The first-order valence-electron chi connectivity index (χ1n) is 8.88. The number of benzene rings is 1. The van der Waals surface area contributed by atoms with Gasteiger partial charge >= 0.3 is 6.09 Å². The van der Waals surface area contributed by atoms with Crippen molar-refractivity contribution >= 4 is 17.7 Å². The van der Waals surface area contributed by atoms with Gasteiger partial charge in [-0.15, -0.1) is 0 Å². The molecule has 0 saturated carbocycles. The molecular weight excluding hydrogens is 336 g/mol. The molecule has 26 heavy (non-hydrogen) atoms. The Kier molecular flexibility index (Phi) is 9.69. The first-order chi connectivity index (χ1) is 12.4. The molecule has 0 unspecified atom stereocenters. The average Bonchev–Trinajstić information content (AvgIpc) is 2.61. The quantitative estimate of drug-likeness (QED) is 0.461. The van der Waals surface area contributed by atoms with Crippen LogP contribution in [-0.2, 0) is 14.3 Å². The van der Waals surface area contributed by atoms with Crippen molar-refractivity contribution in [1.82, 2.24) is 5.32 Å². The van der Waals surface area contributed by atoms with E-state index in [4.69, 9.17) is 14.2 Å². The van der Waals surface area contributed by atoms with Crippen molar-refractivity contribution in [1.29, 1.82) is 0 Å². The van der Waals surface area contributed by atoms with Crippen molar-refractivity contribution in [2.75, 3.05) is 26.1 Å². The van der Waals surface area contributed by atoms with Crippen LogP contribution < -0.4 is 15.4 Å². The minimum atomic E-state index is -0.990. The Hall–Kier alpha value is -2.12. The van der Waals surface area contributed by atoms with E-state index in [0.29, 0.717) is 18.0 Å². The molecule has 1 rings (SSSR count). The van der Waals surface area contributed by atoms with Gasteiger partial charge in [-0.2, -0.15) is 0 Å². The predicted molar refractivity (Wildman–Crippen MR) is 100 cm³/mol. The van der Waals surface area contributed by atoms with E-state index >= 15 is 0 Å². The highest BCUT2D eigenvalue weighted by atomic mass is 16.7. The van der Waals surface area contributed by atoms with Gasteiger partial charge in [-0.25, -0.2) is 4.79 Å². The molecule has 2 amide bonds. The number of ether oxygens (including phenoxy) is 3. The molecule has 0 spiro atoms. The molecule has 0 aliphatic carbocycles. The van der Waals surface area contributed by atoms with Crippen LogP contribution in [0.15, 0.2) is 24.3 Å². The minimum absolute atomic E-state index is 0.0311. The van der Waals surface area contributed by atoms with Gasteiger partial charge in [0, 0.05) is 32.5 Å². The molecule has 0 radical (unpaired) electrons. The SMILES string of the molecule is CCCCCCNC(=O)Oc1cccc(NC(=O)CC(C)(OC)OC)c1. The second kappa shape index (κ2) is 11.5. The summed E-state index contributed by atoms with van der Waals surface area (Å²) in [6.07, 6.45) is 3.84. The van der Waals surface area contributed by atoms with Crippen LogP contribution in [0.25, 0.3) is 0 Å². The molecule has 7 nitrogen and oxygen atoms in total. The van der Waals surface area contributed by atoms with Gasteiger partial charge in [-0.1, -0.05) is 32.3 Å². The molecule has 1 aromatic rings. The van der Waals surface area contributed by atoms with Gasteiger partial charge in [-0.3, -0.25) is 4.79 Å². The highest BCUT2D eigenvalue weighted by Crippen LogP contribution is 2.20. The van der Waals surface area contributed by atoms with Gasteiger partial charge in [0.25, 0.3) is 0 Å². The van der Waals surface area contributed by atoms with E-state index < -0.39 is 11.9 Å². The molecule has 0 aliphatic heterocycles. The molecule has 146 valence electrons. The fourth-order valence-corrected chi connectivity index (χ4v) is 2.25. The maximum Gasteiger partial charge on any atom is 0.412 e. The van der Waals surface area contributed by atoms with Crippen molar-refractivity contribution in [3.63, 3.8) is 0 Å². The summed E-state index contributed by atoms with van der Waals surface area (Å²) in [5.41, 5.74) is 0.526. The zero-order valence-corrected chi connectivity index (χ0v) is 16.1. The second-order valence-corrected chi connectivity index (χ2v) is 6.17. The van der Waals surface area contributed by atoms with Gasteiger partial charge in [0.1, 0.15) is 5.75 Å². The van der Waals surface area contributed by atoms with Crippen LogP contribution in [0, 0.1) is 0 Å². The van der Waals surface area contributed by atoms with Gasteiger partial charge in [0.2, 0.25) is 5.91 Å². The normalized spacial score (nSPS) is 11.1. The highest BCUT2D eigenvalue weighted by Gasteiger charge is 2.26. The lowest BCUT2D eigenvalue weighted by Crippen LogP contribution is -2.34. The van der Waals surface area contributed by atoms with Crippen LogP contribution >= 0.6 is 0 Å². The highest BCUT2D eigenvalue weighted by molar-refractivity contribution is 5.91. The van der Waals surface area contributed by atoms with E-state index in [1.807, 2.05) is 0 Å². The minimum Gasteiger partial charge on any atom is -0.410 e. The Labute approximate surface area is 155 Å². The lowest BCUT2D eigenvalue weighted by Gasteiger charge is -2.25. The summed E-state index contributed by atoms with van der Waals surface area (Å²) >= 11 is 0. The smallest absolute Gasteiger partial charge is 0.410 e. The lowest BCUT2D eigenvalue weighted by molar-refractivity contribution is -0.196. The number of rotatable bonds is 11. The van der Waals surface area contributed by atoms with E-state index in [1.165, 1.54) is 14.2 Å². The van der Waals surface area contributed by atoms with E-state index in [0.717, 1.165) is 25.7 Å². The summed E-state index contributed by atoms with van der Waals surface area (Å²) in [4.78, 5) is 23.9. The molecule has 2 N–H and O–H groups in total. The standard InChI is InChI=1S/C19H30N2O5/c1-5-6-7-8-12-20-18(23)26-16-11-9-10-15(13-16)21-17(22)14-19(2,24-3)25-4/h9-11,13H,5-8,12,14H2,1-4H3,(H,20,23)(H,21,22). The van der Waals surface area contributed by atoms with Crippen LogP contribution in [0.3, 0.4) is 0 Å². The molecule has 0 aliphatic rings. The zero-order chi connectivity index (χ0) is 19.4. The fourth-order valence-electron chi connectivity index (χ4n) is 2.25. The first-order valence-corrected chi connectivity index (χ1v) is 8.88. The van der Waals surface area contributed by atoms with Crippen LogP contribution in [-0.4, -0.2) is 38.6 Å². The Balaban J connectivity index is 2.49. The number of hydrogen-bond donors (Lipinski definition) is 2. The van der Waals surface area contributed by atoms with Crippen molar-refractivity contribution in [2.24, 2.45) is 0 Å². The third-order valence-corrected chi connectivity index (χ3v) is 3.97. The second-order valence-electron chi connectivity index (χ2n) is 6.17. The number of carbonyl (C=O) groups excluding carboxylic acids is 2. The molecule has 7 heteroatoms. The summed E-state index contributed by atoms with van der Waals surface area (Å²) in [5.74, 6) is -0.903. The molecule has 0 saturated heterocycles. The Morgan fingerprint density at radius 2 is 1.85 bits per heavy atom. The van der Waals surface area contributed by atoms with Gasteiger partial charge in [-0.05, 0) is 25.5 Å². The maximum atomic E-state index is 12.1. The van der Waals surface area contributed by atoms with E-state index in [9.17, 15) is 9.59 Å². The van der Waals surface area contributed by atoms with E-state index in [2.05, 4.69) is 17.6 Å². The molecule has 1 aromatic carbocycles. The molecule has 0 aromatic heterocycles. The Morgan fingerprint density at radius 3 is 2.50 bits per heavy atom. The molecule has 0 atom stereocenters. The van der Waals surface area contributed by atoms with E-state index in [-0.39, 0.29) is 12.3 Å². The predicted octanol–water partition coefficient (Wildman–Crippen LogP) is 3.69. The number of amides is 2. The van der Waals surface area contributed by atoms with Crippen molar-refractivity contribution in [3.05, 3.63) is 24.3 Å². The molecular formula is C19H30N2O5. The summed E-state index contributed by atoms with van der Waals surface area (Å²) in [5, 5.41) is 5.45. The zero-order valence-electron chi connectivity index (χ0n) is 16.1. The van der Waals surface area contributed by atoms with Crippen LogP contribution in [0.2, 0.25) is 0 Å². The van der Waals surface area contributed by atoms with E-state index in [1.54, 1.807) is 31.2 Å². The van der Waals surface area contributed by atoms with Crippen LogP contribution in [0.1, 0.15) is 46.0 Å². The van der Waals surface area contributed by atoms with Gasteiger partial charge < -0.3 is 24.8 Å². The maximum absolute atomic E-state index is 12.1. The summed E-state index contributed by atoms with van der Waals surface area (Å²) in [6.45, 7) is 4.40. The number of nitrogens with one attached hydrogen (secondary N) is 2. The van der Waals surface area contributed by atoms with Crippen LogP contribution in [0.5, 0.6) is 5.75 Å². The monoisotopic (exact) mass is 366 g/mol. The van der Waals surface area contributed by atoms with Gasteiger partial charge in [0.15, 0.2) is 5.79 Å². The number of anilines is 1. The molecule has 0 heterocycles. The number of methoxy groups -OCH3 is 2. The number of carbonyl (C=O) groups is 2. The largest absolute Gasteiger partial charge is 0.412 e.